The Labute approximate surface area is 424 Å². The summed E-state index contributed by atoms with van der Waals surface area (Å²) in [6, 6.07) is 77.2. The maximum atomic E-state index is 7.45. The smallest absolute Gasteiger partial charge is 0.134 e. The highest BCUT2D eigenvalue weighted by Crippen LogP contribution is 2.54. The molecule has 0 fully saturated rings. The molecule has 9 aromatic carbocycles. The van der Waals surface area contributed by atoms with Crippen LogP contribution in [0.15, 0.2) is 212 Å². The third-order valence-electron chi connectivity index (χ3n) is 15.3. The molecule has 0 aromatic heterocycles. The predicted molar refractivity (Wildman–Crippen MR) is 300 cm³/mol. The monoisotopic (exact) mass is 937 g/mol. The van der Waals surface area contributed by atoms with E-state index in [9.17, 15) is 0 Å². The largest absolute Gasteiger partial charge is 0.457 e. The van der Waals surface area contributed by atoms with E-state index in [-0.39, 0.29) is 0 Å². The number of nitrogens with zero attached hydrogens (tertiary/aromatic N) is 5. The Morgan fingerprint density at radius 3 is 1.24 bits per heavy atom. The lowest BCUT2D eigenvalue weighted by molar-refractivity contribution is 0.471. The average Bonchev–Trinajstić information content (AvgIpc) is 3.45. The second-order valence-electron chi connectivity index (χ2n) is 19.6. The molecule has 0 aliphatic carbocycles. The second kappa shape index (κ2) is 19.2. The summed E-state index contributed by atoms with van der Waals surface area (Å²) in [6.45, 7) is 4.27. The second-order valence-corrected chi connectivity index (χ2v) is 19.6. The van der Waals surface area contributed by atoms with Gasteiger partial charge in [-0.3, -0.25) is 0 Å². The zero-order chi connectivity index (χ0) is 47.8. The minimum atomic E-state index is 0.819. The van der Waals surface area contributed by atoms with Crippen molar-refractivity contribution in [2.45, 2.75) is 51.4 Å². The van der Waals surface area contributed by atoms with Gasteiger partial charge in [0.15, 0.2) is 0 Å². The van der Waals surface area contributed by atoms with E-state index in [4.69, 9.17) is 4.74 Å². The quantitative estimate of drug-likeness (QED) is 0.121. The van der Waals surface area contributed by atoms with Gasteiger partial charge in [-0.15, -0.1) is 0 Å². The normalized spacial score (nSPS) is 14.5. The summed E-state index contributed by atoms with van der Waals surface area (Å²) in [5.74, 6) is 1.75. The van der Waals surface area contributed by atoms with Crippen molar-refractivity contribution >= 4 is 62.6 Å². The van der Waals surface area contributed by atoms with Crippen LogP contribution < -0.4 is 29.2 Å². The lowest BCUT2D eigenvalue weighted by Crippen LogP contribution is -2.36. The molecule has 13 rings (SSSR count). The molecule has 4 heterocycles. The first-order valence-corrected chi connectivity index (χ1v) is 26.2. The summed E-state index contributed by atoms with van der Waals surface area (Å²) in [4.78, 5) is 12.8. The standard InChI is InChI=1S/C66H59N5O/c1-6-23-48(24-7-1)55-35-16-17-40-60(55)71(62-46-61(56-36-19-41-67-42-20-37-57(62)65(56)67)69(49-25-8-2-9-26-49)50-27-10-3-11-28-50)53-33-18-34-54(45-53)72-64-47-63(58-38-21-43-68-44-22-39-59(64)66(58)68)70(51-29-12-4-13-30-51)52-31-14-5-15-32-52/h1-18,23-35,40,45-47H,19-22,36-39,41-44H2. The van der Waals surface area contributed by atoms with Gasteiger partial charge in [-0.2, -0.15) is 0 Å². The number of hydrogen-bond acceptors (Lipinski definition) is 6. The van der Waals surface area contributed by atoms with E-state index in [0.717, 1.165) is 123 Å². The van der Waals surface area contributed by atoms with E-state index < -0.39 is 0 Å². The van der Waals surface area contributed by atoms with Gasteiger partial charge in [-0.25, -0.2) is 0 Å². The first kappa shape index (κ1) is 43.8. The Hall–Kier alpha value is -8.22. The third-order valence-corrected chi connectivity index (χ3v) is 15.3. The van der Waals surface area contributed by atoms with Gasteiger partial charge >= 0.3 is 0 Å². The molecule has 0 spiro atoms. The molecule has 0 unspecified atom stereocenters. The molecule has 0 saturated heterocycles. The fourth-order valence-electron chi connectivity index (χ4n) is 12.3. The summed E-state index contributed by atoms with van der Waals surface area (Å²) in [5, 5.41) is 0. The maximum Gasteiger partial charge on any atom is 0.134 e. The Morgan fingerprint density at radius 2 is 0.722 bits per heavy atom. The van der Waals surface area contributed by atoms with Crippen LogP contribution in [0.5, 0.6) is 11.5 Å². The number of ether oxygens (including phenoxy) is 1. The number of para-hydroxylation sites is 5. The van der Waals surface area contributed by atoms with Crippen LogP contribution in [0, 0.1) is 0 Å². The molecule has 0 N–H and O–H groups in total. The van der Waals surface area contributed by atoms with Crippen molar-refractivity contribution in [1.82, 2.24) is 0 Å². The van der Waals surface area contributed by atoms with Gasteiger partial charge in [-0.1, -0.05) is 127 Å². The van der Waals surface area contributed by atoms with Crippen LogP contribution in [0.4, 0.5) is 62.6 Å². The minimum absolute atomic E-state index is 0.819. The van der Waals surface area contributed by atoms with Gasteiger partial charge in [0.1, 0.15) is 11.5 Å². The molecule has 0 bridgehead atoms. The van der Waals surface area contributed by atoms with Crippen LogP contribution in [-0.2, 0) is 25.7 Å². The molecule has 0 radical (unpaired) electrons. The highest BCUT2D eigenvalue weighted by atomic mass is 16.5. The Morgan fingerprint density at radius 1 is 0.319 bits per heavy atom. The lowest BCUT2D eigenvalue weighted by Gasteiger charge is -2.42. The SMILES string of the molecule is c1ccc(-c2ccccc2N(c2cccc(Oc3cc(N(c4ccccc4)c4ccccc4)c4c5c3CCCN5CCC4)c2)c2cc(N(c3ccccc3)c3ccccc3)c3c4c2CCCN4CCC3)cc1. The molecule has 0 saturated carbocycles. The summed E-state index contributed by atoms with van der Waals surface area (Å²) in [7, 11) is 0. The molecule has 4 aliphatic rings. The van der Waals surface area contributed by atoms with Crippen LogP contribution in [0.1, 0.15) is 47.9 Å². The molecule has 72 heavy (non-hydrogen) atoms. The number of benzene rings is 9. The number of rotatable bonds is 12. The zero-order valence-electron chi connectivity index (χ0n) is 40.8. The van der Waals surface area contributed by atoms with Crippen molar-refractivity contribution in [2.75, 3.05) is 50.7 Å². The first-order valence-electron chi connectivity index (χ1n) is 26.2. The van der Waals surface area contributed by atoms with Crippen molar-refractivity contribution in [1.29, 1.82) is 0 Å². The van der Waals surface area contributed by atoms with Crippen molar-refractivity contribution in [3.63, 3.8) is 0 Å². The summed E-state index contributed by atoms with van der Waals surface area (Å²) >= 11 is 0. The summed E-state index contributed by atoms with van der Waals surface area (Å²) in [5.41, 5.74) is 21.1. The number of anilines is 11. The highest BCUT2D eigenvalue weighted by Gasteiger charge is 2.35. The third kappa shape index (κ3) is 8.01. The van der Waals surface area contributed by atoms with E-state index in [1.165, 1.54) is 61.8 Å². The molecule has 6 nitrogen and oxygen atoms in total. The minimum Gasteiger partial charge on any atom is -0.457 e. The molecule has 6 heteroatoms. The molecular formula is C66H59N5O. The molecule has 4 aliphatic heterocycles. The highest BCUT2D eigenvalue weighted by molar-refractivity contribution is 5.95. The molecular weight excluding hydrogens is 879 g/mol. The van der Waals surface area contributed by atoms with E-state index in [1.807, 2.05) is 0 Å². The van der Waals surface area contributed by atoms with Crippen LogP contribution in [0.25, 0.3) is 11.1 Å². The topological polar surface area (TPSA) is 25.4 Å². The Balaban J connectivity index is 1.02. The van der Waals surface area contributed by atoms with Crippen molar-refractivity contribution < 1.29 is 4.74 Å². The molecule has 0 atom stereocenters. The maximum absolute atomic E-state index is 7.45. The predicted octanol–water partition coefficient (Wildman–Crippen LogP) is 17.0. The van der Waals surface area contributed by atoms with Gasteiger partial charge in [-0.05, 0) is 130 Å². The van der Waals surface area contributed by atoms with E-state index in [2.05, 4.69) is 237 Å². The van der Waals surface area contributed by atoms with E-state index in [0.29, 0.717) is 0 Å². The van der Waals surface area contributed by atoms with E-state index >= 15 is 0 Å². The fourth-order valence-corrected chi connectivity index (χ4v) is 12.3. The number of hydrogen-bond donors (Lipinski definition) is 0. The van der Waals surface area contributed by atoms with Crippen LogP contribution in [0.2, 0.25) is 0 Å². The van der Waals surface area contributed by atoms with Crippen molar-refractivity contribution in [2.24, 2.45) is 0 Å². The van der Waals surface area contributed by atoms with Crippen LogP contribution in [-0.4, -0.2) is 26.2 Å². The van der Waals surface area contributed by atoms with Gasteiger partial charge in [0.2, 0.25) is 0 Å². The molecule has 0 amide bonds. The van der Waals surface area contributed by atoms with Crippen molar-refractivity contribution in [3.05, 3.63) is 235 Å². The van der Waals surface area contributed by atoms with E-state index in [1.54, 1.807) is 0 Å². The van der Waals surface area contributed by atoms with Crippen molar-refractivity contribution in [3.8, 4) is 22.6 Å². The zero-order valence-corrected chi connectivity index (χ0v) is 40.8. The van der Waals surface area contributed by atoms with Gasteiger partial charge in [0.05, 0.1) is 22.7 Å². The molecule has 354 valence electrons. The summed E-state index contributed by atoms with van der Waals surface area (Å²) in [6.07, 6.45) is 8.54. The Bertz CT molecular complexity index is 3280. The van der Waals surface area contributed by atoms with Gasteiger partial charge < -0.3 is 29.2 Å². The lowest BCUT2D eigenvalue weighted by atomic mass is 9.87. The molecule has 9 aromatic rings. The fraction of sp³-hybridized carbons (Fsp3) is 0.182. The Kier molecular flexibility index (Phi) is 11.7. The average molecular weight is 938 g/mol. The first-order chi connectivity index (χ1) is 35.7. The van der Waals surface area contributed by atoms with Crippen LogP contribution in [0.3, 0.4) is 0 Å². The summed E-state index contributed by atoms with van der Waals surface area (Å²) < 4.78 is 7.45. The van der Waals surface area contributed by atoms with Crippen LogP contribution >= 0.6 is 0 Å². The van der Waals surface area contributed by atoms with Gasteiger partial charge in [0, 0.05) is 106 Å². The van der Waals surface area contributed by atoms with Gasteiger partial charge in [0.25, 0.3) is 0 Å².